The maximum absolute atomic E-state index is 13.2. The monoisotopic (exact) mass is 355 g/mol. The van der Waals surface area contributed by atoms with Crippen molar-refractivity contribution in [3.63, 3.8) is 0 Å². The highest BCUT2D eigenvalue weighted by Crippen LogP contribution is 2.26. The molecule has 128 valence electrons. The summed E-state index contributed by atoms with van der Waals surface area (Å²) in [5.41, 5.74) is 2.48. The van der Waals surface area contributed by atoms with E-state index in [1.807, 2.05) is 49.4 Å². The maximum atomic E-state index is 13.2. The topological polar surface area (TPSA) is 37.4 Å². The highest BCUT2D eigenvalue weighted by molar-refractivity contribution is 7.92. The van der Waals surface area contributed by atoms with Crippen molar-refractivity contribution in [2.45, 2.75) is 18.4 Å². The van der Waals surface area contributed by atoms with Crippen molar-refractivity contribution >= 4 is 15.7 Å². The van der Waals surface area contributed by atoms with Crippen LogP contribution in [-0.2, 0) is 16.6 Å². The quantitative estimate of drug-likeness (QED) is 0.674. The molecule has 0 aliphatic heterocycles. The Hall–Kier alpha value is -2.66. The molecule has 0 fully saturated rings. The Morgan fingerprint density at radius 1 is 0.840 bits per heavy atom. The van der Waals surface area contributed by atoms with Crippen LogP contribution in [0.1, 0.15) is 11.1 Å². The first-order valence-corrected chi connectivity index (χ1v) is 9.30. The predicted octanol–water partition coefficient (Wildman–Crippen LogP) is 4.53. The molecule has 0 unspecified atom stereocenters. The third-order valence-corrected chi connectivity index (χ3v) is 5.68. The van der Waals surface area contributed by atoms with Gasteiger partial charge in [0.25, 0.3) is 10.0 Å². The Labute approximate surface area is 147 Å². The molecule has 3 aromatic rings. The van der Waals surface area contributed by atoms with Gasteiger partial charge in [-0.2, -0.15) is 0 Å². The second-order valence-corrected chi connectivity index (χ2v) is 7.65. The molecule has 0 amide bonds. The number of benzene rings is 3. The first-order valence-electron chi connectivity index (χ1n) is 7.86. The number of halogens is 1. The van der Waals surface area contributed by atoms with E-state index in [4.69, 9.17) is 0 Å². The minimum absolute atomic E-state index is 0.0606. The molecular weight excluding hydrogens is 337 g/mol. The summed E-state index contributed by atoms with van der Waals surface area (Å²) < 4.78 is 40.8. The number of rotatable bonds is 5. The molecule has 3 nitrogen and oxygen atoms in total. The van der Waals surface area contributed by atoms with E-state index in [0.29, 0.717) is 5.69 Å². The summed E-state index contributed by atoms with van der Waals surface area (Å²) in [6, 6.07) is 21.6. The fourth-order valence-corrected chi connectivity index (χ4v) is 3.96. The molecular formula is C20H18FNO2S. The summed E-state index contributed by atoms with van der Waals surface area (Å²) in [5, 5.41) is 0. The maximum Gasteiger partial charge on any atom is 0.264 e. The lowest BCUT2D eigenvalue weighted by Crippen LogP contribution is -2.30. The highest BCUT2D eigenvalue weighted by Gasteiger charge is 2.25. The van der Waals surface area contributed by atoms with E-state index in [1.165, 1.54) is 16.4 Å². The number of aryl methyl sites for hydroxylation is 1. The summed E-state index contributed by atoms with van der Waals surface area (Å²) in [4.78, 5) is 0.0606. The highest BCUT2D eigenvalue weighted by atomic mass is 32.2. The summed E-state index contributed by atoms with van der Waals surface area (Å²) >= 11 is 0. The van der Waals surface area contributed by atoms with Crippen molar-refractivity contribution < 1.29 is 12.8 Å². The van der Waals surface area contributed by atoms with E-state index < -0.39 is 15.8 Å². The molecule has 0 atom stereocenters. The van der Waals surface area contributed by atoms with Gasteiger partial charge < -0.3 is 0 Å². The van der Waals surface area contributed by atoms with Crippen molar-refractivity contribution in [1.29, 1.82) is 0 Å². The van der Waals surface area contributed by atoms with E-state index in [-0.39, 0.29) is 11.4 Å². The first kappa shape index (κ1) is 17.2. The first-order chi connectivity index (χ1) is 12.0. The smallest absolute Gasteiger partial charge is 0.262 e. The van der Waals surface area contributed by atoms with E-state index in [1.54, 1.807) is 12.1 Å². The van der Waals surface area contributed by atoms with Crippen molar-refractivity contribution in [3.05, 3.63) is 95.8 Å². The van der Waals surface area contributed by atoms with Gasteiger partial charge in [-0.3, -0.25) is 4.31 Å². The van der Waals surface area contributed by atoms with Crippen LogP contribution in [0, 0.1) is 12.7 Å². The van der Waals surface area contributed by atoms with Gasteiger partial charge in [-0.1, -0.05) is 48.0 Å². The lowest BCUT2D eigenvalue weighted by Gasteiger charge is -2.25. The normalized spacial score (nSPS) is 11.3. The number of hydrogen-bond acceptors (Lipinski definition) is 2. The van der Waals surface area contributed by atoms with E-state index in [9.17, 15) is 12.8 Å². The molecule has 5 heteroatoms. The number of sulfonamides is 1. The van der Waals surface area contributed by atoms with Crippen LogP contribution in [0.4, 0.5) is 10.1 Å². The summed E-state index contributed by atoms with van der Waals surface area (Å²) in [6.45, 7) is 2.14. The molecule has 0 spiro atoms. The summed E-state index contributed by atoms with van der Waals surface area (Å²) in [6.07, 6.45) is 0. The SMILES string of the molecule is Cc1ccc(N(Cc2ccccc2)S(=O)(=O)c2ccc(F)cc2)cc1. The van der Waals surface area contributed by atoms with Gasteiger partial charge in [0, 0.05) is 0 Å². The summed E-state index contributed by atoms with van der Waals surface area (Å²) in [5.74, 6) is -0.469. The molecule has 3 rings (SSSR count). The van der Waals surface area contributed by atoms with Gasteiger partial charge in [0.15, 0.2) is 0 Å². The zero-order valence-corrected chi connectivity index (χ0v) is 14.6. The fourth-order valence-electron chi connectivity index (χ4n) is 2.51. The minimum Gasteiger partial charge on any atom is -0.262 e. The minimum atomic E-state index is -3.82. The number of hydrogen-bond donors (Lipinski definition) is 0. The van der Waals surface area contributed by atoms with Gasteiger partial charge in [0.1, 0.15) is 5.82 Å². The van der Waals surface area contributed by atoms with Crippen molar-refractivity contribution in [3.8, 4) is 0 Å². The van der Waals surface area contributed by atoms with Crippen LogP contribution in [0.5, 0.6) is 0 Å². The molecule has 0 bridgehead atoms. The molecule has 0 saturated carbocycles. The zero-order chi connectivity index (χ0) is 17.9. The van der Waals surface area contributed by atoms with Crippen molar-refractivity contribution in [2.75, 3.05) is 4.31 Å². The van der Waals surface area contributed by atoms with E-state index in [2.05, 4.69) is 0 Å². The third-order valence-electron chi connectivity index (χ3n) is 3.89. The Bertz CT molecular complexity index is 937. The molecule has 25 heavy (non-hydrogen) atoms. The van der Waals surface area contributed by atoms with Gasteiger partial charge in [0.05, 0.1) is 17.1 Å². The number of nitrogens with zero attached hydrogens (tertiary/aromatic N) is 1. The lowest BCUT2D eigenvalue weighted by atomic mass is 10.2. The van der Waals surface area contributed by atoms with Crippen molar-refractivity contribution in [1.82, 2.24) is 0 Å². The Morgan fingerprint density at radius 3 is 2.04 bits per heavy atom. The largest absolute Gasteiger partial charge is 0.264 e. The van der Waals surface area contributed by atoms with Crippen LogP contribution in [0.2, 0.25) is 0 Å². The van der Waals surface area contributed by atoms with Gasteiger partial charge in [-0.05, 0) is 48.9 Å². The molecule has 0 radical (unpaired) electrons. The van der Waals surface area contributed by atoms with Crippen LogP contribution < -0.4 is 4.31 Å². The molecule has 0 heterocycles. The van der Waals surface area contributed by atoms with Gasteiger partial charge >= 0.3 is 0 Å². The molecule has 0 N–H and O–H groups in total. The third kappa shape index (κ3) is 3.88. The lowest BCUT2D eigenvalue weighted by molar-refractivity contribution is 0.589. The van der Waals surface area contributed by atoms with E-state index >= 15 is 0 Å². The van der Waals surface area contributed by atoms with Crippen LogP contribution in [0.15, 0.2) is 83.8 Å². The Balaban J connectivity index is 2.06. The van der Waals surface area contributed by atoms with Crippen molar-refractivity contribution in [2.24, 2.45) is 0 Å². The van der Waals surface area contributed by atoms with Crippen LogP contribution >= 0.6 is 0 Å². The Morgan fingerprint density at radius 2 is 1.44 bits per heavy atom. The van der Waals surface area contributed by atoms with Crippen LogP contribution in [0.3, 0.4) is 0 Å². The second-order valence-electron chi connectivity index (χ2n) is 5.79. The molecule has 3 aromatic carbocycles. The number of anilines is 1. The van der Waals surface area contributed by atoms with Crippen LogP contribution in [-0.4, -0.2) is 8.42 Å². The van der Waals surface area contributed by atoms with E-state index in [0.717, 1.165) is 23.3 Å². The van der Waals surface area contributed by atoms with Gasteiger partial charge in [-0.25, -0.2) is 12.8 Å². The standard InChI is InChI=1S/C20H18FNO2S/c1-16-7-11-19(12-8-16)22(15-17-5-3-2-4-6-17)25(23,24)20-13-9-18(21)10-14-20/h2-14H,15H2,1H3. The summed E-state index contributed by atoms with van der Waals surface area (Å²) in [7, 11) is -3.82. The molecule has 0 aliphatic rings. The second kappa shape index (κ2) is 7.07. The molecule has 0 aromatic heterocycles. The predicted molar refractivity (Wildman–Crippen MR) is 97.4 cm³/mol. The molecule has 0 aliphatic carbocycles. The Kier molecular flexibility index (Phi) is 4.86. The fraction of sp³-hybridized carbons (Fsp3) is 0.100. The van der Waals surface area contributed by atoms with Crippen LogP contribution in [0.25, 0.3) is 0 Å². The average molecular weight is 355 g/mol. The van der Waals surface area contributed by atoms with Gasteiger partial charge in [0.2, 0.25) is 0 Å². The average Bonchev–Trinajstić information content (AvgIpc) is 2.62. The zero-order valence-electron chi connectivity index (χ0n) is 13.8. The molecule has 0 saturated heterocycles. The van der Waals surface area contributed by atoms with Gasteiger partial charge in [-0.15, -0.1) is 0 Å².